The lowest BCUT2D eigenvalue weighted by molar-refractivity contribution is 0.0956. The van der Waals surface area contributed by atoms with Crippen molar-refractivity contribution < 1.29 is 9.18 Å². The molecule has 5 heteroatoms. The summed E-state index contributed by atoms with van der Waals surface area (Å²) < 4.78 is 13.4. The number of hydrogen-bond donors (Lipinski definition) is 2. The maximum atomic E-state index is 13.4. The summed E-state index contributed by atoms with van der Waals surface area (Å²) >= 11 is 1.65. The lowest BCUT2D eigenvalue weighted by Gasteiger charge is -2.10. The highest BCUT2D eigenvalue weighted by Crippen LogP contribution is 2.18. The van der Waals surface area contributed by atoms with Crippen LogP contribution >= 0.6 is 11.8 Å². The summed E-state index contributed by atoms with van der Waals surface area (Å²) in [4.78, 5) is 11.7. The van der Waals surface area contributed by atoms with Crippen molar-refractivity contribution in [3.05, 3.63) is 29.6 Å². The second-order valence-electron chi connectivity index (χ2n) is 3.16. The Balaban J connectivity index is 2.78. The first-order valence-electron chi connectivity index (χ1n) is 4.94. The van der Waals surface area contributed by atoms with Crippen molar-refractivity contribution >= 4 is 23.4 Å². The molecule has 0 aliphatic rings. The van der Waals surface area contributed by atoms with Crippen molar-refractivity contribution in [2.45, 2.75) is 0 Å². The molecule has 1 amide bonds. The van der Waals surface area contributed by atoms with E-state index in [9.17, 15) is 9.18 Å². The van der Waals surface area contributed by atoms with E-state index in [1.165, 1.54) is 12.1 Å². The van der Waals surface area contributed by atoms with Crippen molar-refractivity contribution in [2.75, 3.05) is 30.9 Å². The van der Waals surface area contributed by atoms with Crippen LogP contribution in [0.4, 0.5) is 10.1 Å². The molecule has 0 aliphatic heterocycles. The van der Waals surface area contributed by atoms with E-state index in [1.54, 1.807) is 24.9 Å². The number of nitrogens with one attached hydrogen (secondary N) is 2. The lowest BCUT2D eigenvalue weighted by atomic mass is 10.1. The number of halogens is 1. The second-order valence-corrected chi connectivity index (χ2v) is 4.15. The molecular weight excluding hydrogens is 227 g/mol. The number of carbonyl (C=O) groups is 1. The predicted octanol–water partition coefficient (Wildman–Crippen LogP) is 1.96. The van der Waals surface area contributed by atoms with Gasteiger partial charge in [-0.25, -0.2) is 4.39 Å². The molecule has 0 atom stereocenters. The zero-order chi connectivity index (χ0) is 12.0. The van der Waals surface area contributed by atoms with Crippen molar-refractivity contribution in [3.63, 3.8) is 0 Å². The molecule has 0 saturated heterocycles. The molecule has 0 aromatic heterocycles. The van der Waals surface area contributed by atoms with E-state index in [1.807, 2.05) is 6.26 Å². The number of benzene rings is 1. The average Bonchev–Trinajstić information content (AvgIpc) is 2.29. The molecule has 0 radical (unpaired) electrons. The Morgan fingerprint density at radius 2 is 2.25 bits per heavy atom. The number of amides is 1. The maximum Gasteiger partial charge on any atom is 0.253 e. The minimum absolute atomic E-state index is 0.240. The molecular formula is C11H15FN2OS. The molecule has 1 aromatic rings. The maximum absolute atomic E-state index is 13.4. The average molecular weight is 242 g/mol. The van der Waals surface area contributed by atoms with Gasteiger partial charge >= 0.3 is 0 Å². The minimum atomic E-state index is -0.417. The molecule has 1 aromatic carbocycles. The molecule has 1 rings (SSSR count). The van der Waals surface area contributed by atoms with Gasteiger partial charge < -0.3 is 10.6 Å². The predicted molar refractivity (Wildman–Crippen MR) is 66.7 cm³/mol. The van der Waals surface area contributed by atoms with Crippen LogP contribution in [-0.2, 0) is 0 Å². The van der Waals surface area contributed by atoms with Crippen LogP contribution in [-0.4, -0.2) is 31.5 Å². The summed E-state index contributed by atoms with van der Waals surface area (Å²) in [5.74, 6) is 0.175. The Hall–Kier alpha value is -1.23. The van der Waals surface area contributed by atoms with E-state index < -0.39 is 5.82 Å². The molecule has 0 fully saturated rings. The van der Waals surface area contributed by atoms with Crippen LogP contribution in [0.25, 0.3) is 0 Å². The highest BCUT2D eigenvalue weighted by Gasteiger charge is 2.13. The first-order valence-corrected chi connectivity index (χ1v) is 6.33. The van der Waals surface area contributed by atoms with E-state index in [2.05, 4.69) is 10.6 Å². The number of anilines is 1. The summed E-state index contributed by atoms with van der Waals surface area (Å²) in [6.45, 7) is 0.583. The fourth-order valence-corrected chi connectivity index (χ4v) is 1.64. The molecule has 0 unspecified atom stereocenters. The molecule has 0 aliphatic carbocycles. The van der Waals surface area contributed by atoms with E-state index in [0.29, 0.717) is 12.1 Å². The molecule has 16 heavy (non-hydrogen) atoms. The van der Waals surface area contributed by atoms with E-state index in [4.69, 9.17) is 0 Å². The smallest absolute Gasteiger partial charge is 0.253 e. The van der Waals surface area contributed by atoms with Crippen molar-refractivity contribution in [1.29, 1.82) is 0 Å². The SMILES string of the molecule is CNc1c(F)cccc1C(=O)NCCSC. The standard InChI is InChI=1S/C11H15FN2OS/c1-13-10-8(4-3-5-9(10)12)11(15)14-6-7-16-2/h3-5,13H,6-7H2,1-2H3,(H,14,15). The van der Waals surface area contributed by atoms with E-state index in [-0.39, 0.29) is 11.6 Å². The number of thioether (sulfide) groups is 1. The Morgan fingerprint density at radius 3 is 2.88 bits per heavy atom. The molecule has 88 valence electrons. The Morgan fingerprint density at radius 1 is 1.50 bits per heavy atom. The van der Waals surface area contributed by atoms with Gasteiger partial charge in [0, 0.05) is 19.3 Å². The van der Waals surface area contributed by atoms with Crippen LogP contribution in [0.5, 0.6) is 0 Å². The molecule has 0 bridgehead atoms. The van der Waals surface area contributed by atoms with Crippen molar-refractivity contribution in [1.82, 2.24) is 5.32 Å². The van der Waals surface area contributed by atoms with Gasteiger partial charge in [-0.2, -0.15) is 11.8 Å². The Labute approximate surface area is 98.8 Å². The number of carbonyl (C=O) groups excluding carboxylic acids is 1. The zero-order valence-corrected chi connectivity index (χ0v) is 10.2. The minimum Gasteiger partial charge on any atom is -0.385 e. The first-order chi connectivity index (χ1) is 7.70. The quantitative estimate of drug-likeness (QED) is 0.776. The third-order valence-electron chi connectivity index (χ3n) is 2.10. The third-order valence-corrected chi connectivity index (χ3v) is 2.71. The normalized spacial score (nSPS) is 9.94. The summed E-state index contributed by atoms with van der Waals surface area (Å²) in [5.41, 5.74) is 0.577. The van der Waals surface area contributed by atoms with E-state index in [0.717, 1.165) is 5.75 Å². The third kappa shape index (κ3) is 3.13. The van der Waals surface area contributed by atoms with Gasteiger partial charge in [0.2, 0.25) is 0 Å². The van der Waals surface area contributed by atoms with Crippen LogP contribution in [0.3, 0.4) is 0 Å². The van der Waals surface area contributed by atoms with Crippen molar-refractivity contribution in [3.8, 4) is 0 Å². The summed E-state index contributed by atoms with van der Waals surface area (Å²) in [6, 6.07) is 4.45. The van der Waals surface area contributed by atoms with Gasteiger partial charge in [0.15, 0.2) is 0 Å². The summed E-state index contributed by atoms with van der Waals surface area (Å²) in [7, 11) is 1.59. The molecule has 0 spiro atoms. The highest BCUT2D eigenvalue weighted by molar-refractivity contribution is 7.98. The van der Waals surface area contributed by atoms with Gasteiger partial charge in [0.25, 0.3) is 5.91 Å². The second kappa shape index (κ2) is 6.37. The molecule has 3 nitrogen and oxygen atoms in total. The van der Waals surface area contributed by atoms with Gasteiger partial charge in [-0.1, -0.05) is 6.07 Å². The largest absolute Gasteiger partial charge is 0.385 e. The van der Waals surface area contributed by atoms with Crippen LogP contribution in [0.1, 0.15) is 10.4 Å². The zero-order valence-electron chi connectivity index (χ0n) is 9.34. The van der Waals surface area contributed by atoms with Gasteiger partial charge in [0.1, 0.15) is 5.82 Å². The lowest BCUT2D eigenvalue weighted by Crippen LogP contribution is -2.26. The van der Waals surface area contributed by atoms with Crippen LogP contribution < -0.4 is 10.6 Å². The van der Waals surface area contributed by atoms with Crippen LogP contribution in [0.2, 0.25) is 0 Å². The summed E-state index contributed by atoms with van der Waals surface area (Å²) in [5, 5.41) is 5.43. The van der Waals surface area contributed by atoms with Gasteiger partial charge in [0.05, 0.1) is 11.3 Å². The van der Waals surface area contributed by atoms with Crippen LogP contribution in [0, 0.1) is 5.82 Å². The van der Waals surface area contributed by atoms with Gasteiger partial charge in [-0.3, -0.25) is 4.79 Å². The molecule has 0 saturated carbocycles. The van der Waals surface area contributed by atoms with Crippen molar-refractivity contribution in [2.24, 2.45) is 0 Å². The Bertz CT molecular complexity index is 371. The molecule has 2 N–H and O–H groups in total. The summed E-state index contributed by atoms with van der Waals surface area (Å²) in [6.07, 6.45) is 1.97. The number of rotatable bonds is 5. The van der Waals surface area contributed by atoms with Gasteiger partial charge in [-0.05, 0) is 18.4 Å². The monoisotopic (exact) mass is 242 g/mol. The Kier molecular flexibility index (Phi) is 5.11. The first kappa shape index (κ1) is 12.8. The molecule has 0 heterocycles. The fraction of sp³-hybridized carbons (Fsp3) is 0.364. The number of para-hydroxylation sites is 1. The van der Waals surface area contributed by atoms with Crippen LogP contribution in [0.15, 0.2) is 18.2 Å². The number of hydrogen-bond acceptors (Lipinski definition) is 3. The van der Waals surface area contributed by atoms with E-state index >= 15 is 0 Å². The highest BCUT2D eigenvalue weighted by atomic mass is 32.2. The fourth-order valence-electron chi connectivity index (χ4n) is 1.33. The topological polar surface area (TPSA) is 41.1 Å². The van der Waals surface area contributed by atoms with Gasteiger partial charge in [-0.15, -0.1) is 0 Å².